The van der Waals surface area contributed by atoms with Crippen LogP contribution >= 0.6 is 0 Å². The van der Waals surface area contributed by atoms with E-state index < -0.39 is 0 Å². The zero-order chi connectivity index (χ0) is 13.9. The number of hydrogen-bond acceptors (Lipinski definition) is 4. The van der Waals surface area contributed by atoms with E-state index in [1.807, 2.05) is 35.0 Å². The van der Waals surface area contributed by atoms with Crippen LogP contribution in [0.4, 0.5) is 5.82 Å². The van der Waals surface area contributed by atoms with Gasteiger partial charge in [-0.15, -0.1) is 5.10 Å². The standard InChI is InChI=1S/C14H20N4O/c1-14(2,3)12-13(15)16-17-18(12)9-10-19-11-7-5-4-6-8-11/h4-8H,9-10,15H2,1-3H3. The number of para-hydroxylation sites is 1. The van der Waals surface area contributed by atoms with Crippen LogP contribution in [0.2, 0.25) is 0 Å². The van der Waals surface area contributed by atoms with Gasteiger partial charge in [0.05, 0.1) is 12.2 Å². The highest BCUT2D eigenvalue weighted by atomic mass is 16.5. The van der Waals surface area contributed by atoms with Crippen molar-refractivity contribution in [1.82, 2.24) is 15.0 Å². The van der Waals surface area contributed by atoms with Crippen LogP contribution in [-0.4, -0.2) is 21.6 Å². The number of nitrogen functional groups attached to an aromatic ring is 1. The molecular weight excluding hydrogens is 240 g/mol. The number of anilines is 1. The Labute approximate surface area is 113 Å². The maximum absolute atomic E-state index is 5.88. The number of nitrogens with zero attached hydrogens (tertiary/aromatic N) is 3. The van der Waals surface area contributed by atoms with E-state index in [2.05, 4.69) is 31.1 Å². The first-order chi connectivity index (χ1) is 8.98. The normalized spacial score (nSPS) is 11.5. The molecule has 0 bridgehead atoms. The van der Waals surface area contributed by atoms with Gasteiger partial charge in [-0.25, -0.2) is 4.68 Å². The lowest BCUT2D eigenvalue weighted by Crippen LogP contribution is -2.22. The largest absolute Gasteiger partial charge is 0.492 e. The zero-order valence-electron chi connectivity index (χ0n) is 11.6. The highest BCUT2D eigenvalue weighted by Gasteiger charge is 2.23. The third kappa shape index (κ3) is 3.24. The van der Waals surface area contributed by atoms with Crippen molar-refractivity contribution in [2.75, 3.05) is 12.3 Å². The van der Waals surface area contributed by atoms with E-state index in [4.69, 9.17) is 10.5 Å². The molecule has 0 saturated carbocycles. The number of hydrogen-bond donors (Lipinski definition) is 1. The molecule has 0 saturated heterocycles. The van der Waals surface area contributed by atoms with E-state index in [1.165, 1.54) is 0 Å². The number of aromatic nitrogens is 3. The molecular formula is C14H20N4O. The summed E-state index contributed by atoms with van der Waals surface area (Å²) in [6, 6.07) is 9.72. The average molecular weight is 260 g/mol. The molecule has 2 rings (SSSR count). The van der Waals surface area contributed by atoms with Crippen molar-refractivity contribution in [3.63, 3.8) is 0 Å². The quantitative estimate of drug-likeness (QED) is 0.915. The molecule has 0 amide bonds. The predicted octanol–water partition coefficient (Wildman–Crippen LogP) is 2.24. The van der Waals surface area contributed by atoms with E-state index in [-0.39, 0.29) is 5.41 Å². The molecule has 0 atom stereocenters. The third-order valence-corrected chi connectivity index (χ3v) is 2.79. The van der Waals surface area contributed by atoms with Crippen LogP contribution in [0.15, 0.2) is 30.3 Å². The number of rotatable bonds is 4. The van der Waals surface area contributed by atoms with Gasteiger partial charge in [-0.05, 0) is 12.1 Å². The maximum Gasteiger partial charge on any atom is 0.169 e. The van der Waals surface area contributed by atoms with Gasteiger partial charge in [0.1, 0.15) is 12.4 Å². The van der Waals surface area contributed by atoms with Crippen LogP contribution in [0, 0.1) is 0 Å². The molecule has 5 nitrogen and oxygen atoms in total. The summed E-state index contributed by atoms with van der Waals surface area (Å²) in [5.41, 5.74) is 6.74. The third-order valence-electron chi connectivity index (χ3n) is 2.79. The van der Waals surface area contributed by atoms with Crippen LogP contribution in [-0.2, 0) is 12.0 Å². The zero-order valence-corrected chi connectivity index (χ0v) is 11.6. The van der Waals surface area contributed by atoms with E-state index in [0.717, 1.165) is 11.4 Å². The monoisotopic (exact) mass is 260 g/mol. The summed E-state index contributed by atoms with van der Waals surface area (Å²) in [4.78, 5) is 0. The second-order valence-electron chi connectivity index (χ2n) is 5.46. The van der Waals surface area contributed by atoms with Crippen molar-refractivity contribution >= 4 is 5.82 Å². The van der Waals surface area contributed by atoms with Crippen LogP contribution < -0.4 is 10.5 Å². The van der Waals surface area contributed by atoms with Gasteiger partial charge >= 0.3 is 0 Å². The van der Waals surface area contributed by atoms with Gasteiger partial charge in [-0.2, -0.15) is 0 Å². The number of nitrogens with two attached hydrogens (primary N) is 1. The molecule has 0 unspecified atom stereocenters. The van der Waals surface area contributed by atoms with Gasteiger partial charge in [0.25, 0.3) is 0 Å². The lowest BCUT2D eigenvalue weighted by molar-refractivity contribution is 0.283. The van der Waals surface area contributed by atoms with Crippen LogP contribution in [0.5, 0.6) is 5.75 Å². The van der Waals surface area contributed by atoms with Gasteiger partial charge in [-0.1, -0.05) is 44.2 Å². The van der Waals surface area contributed by atoms with Crippen molar-refractivity contribution in [3.8, 4) is 5.75 Å². The molecule has 0 radical (unpaired) electrons. The SMILES string of the molecule is CC(C)(C)c1c(N)nnn1CCOc1ccccc1. The predicted molar refractivity (Wildman–Crippen MR) is 75.1 cm³/mol. The Balaban J connectivity index is 2.01. The summed E-state index contributed by atoms with van der Waals surface area (Å²) >= 11 is 0. The highest BCUT2D eigenvalue weighted by molar-refractivity contribution is 5.37. The van der Waals surface area contributed by atoms with Crippen molar-refractivity contribution in [2.45, 2.75) is 32.7 Å². The first-order valence-corrected chi connectivity index (χ1v) is 6.36. The Morgan fingerprint density at radius 1 is 1.21 bits per heavy atom. The summed E-state index contributed by atoms with van der Waals surface area (Å²) in [5, 5.41) is 8.02. The lowest BCUT2D eigenvalue weighted by Gasteiger charge is -2.20. The molecule has 1 aromatic carbocycles. The smallest absolute Gasteiger partial charge is 0.169 e. The molecule has 2 aromatic rings. The van der Waals surface area contributed by atoms with Crippen molar-refractivity contribution in [1.29, 1.82) is 0 Å². The van der Waals surface area contributed by atoms with Crippen molar-refractivity contribution in [2.24, 2.45) is 0 Å². The summed E-state index contributed by atoms with van der Waals surface area (Å²) in [5.74, 6) is 1.35. The minimum absolute atomic E-state index is 0.0830. The minimum Gasteiger partial charge on any atom is -0.492 e. The summed E-state index contributed by atoms with van der Waals surface area (Å²) in [6.07, 6.45) is 0. The first-order valence-electron chi connectivity index (χ1n) is 6.36. The lowest BCUT2D eigenvalue weighted by atomic mass is 9.92. The Hall–Kier alpha value is -2.04. The molecule has 0 aliphatic carbocycles. The fourth-order valence-corrected chi connectivity index (χ4v) is 2.02. The van der Waals surface area contributed by atoms with Crippen molar-refractivity contribution in [3.05, 3.63) is 36.0 Å². The first kappa shape index (κ1) is 13.4. The second-order valence-corrected chi connectivity index (χ2v) is 5.46. The maximum atomic E-state index is 5.88. The fourth-order valence-electron chi connectivity index (χ4n) is 2.02. The Morgan fingerprint density at radius 3 is 2.53 bits per heavy atom. The second kappa shape index (κ2) is 5.30. The summed E-state index contributed by atoms with van der Waals surface area (Å²) < 4.78 is 7.48. The molecule has 5 heteroatoms. The highest BCUT2D eigenvalue weighted by Crippen LogP contribution is 2.25. The van der Waals surface area contributed by atoms with Crippen LogP contribution in [0.25, 0.3) is 0 Å². The van der Waals surface area contributed by atoms with Gasteiger partial charge in [0.15, 0.2) is 5.82 Å². The number of ether oxygens (including phenoxy) is 1. The van der Waals surface area contributed by atoms with Crippen LogP contribution in [0.1, 0.15) is 26.5 Å². The van der Waals surface area contributed by atoms with E-state index in [9.17, 15) is 0 Å². The molecule has 1 heterocycles. The van der Waals surface area contributed by atoms with Crippen LogP contribution in [0.3, 0.4) is 0 Å². The van der Waals surface area contributed by atoms with Gasteiger partial charge < -0.3 is 10.5 Å². The van der Waals surface area contributed by atoms with Gasteiger partial charge in [0.2, 0.25) is 0 Å². The Kier molecular flexibility index (Phi) is 3.74. The topological polar surface area (TPSA) is 66.0 Å². The Bertz CT molecular complexity index is 528. The molecule has 19 heavy (non-hydrogen) atoms. The minimum atomic E-state index is -0.0830. The molecule has 0 fully saturated rings. The molecule has 1 aromatic heterocycles. The molecule has 0 aliphatic heterocycles. The fraction of sp³-hybridized carbons (Fsp3) is 0.429. The van der Waals surface area contributed by atoms with Gasteiger partial charge in [0, 0.05) is 5.41 Å². The summed E-state index contributed by atoms with van der Waals surface area (Å²) in [6.45, 7) is 7.45. The average Bonchev–Trinajstić information content (AvgIpc) is 2.72. The van der Waals surface area contributed by atoms with E-state index in [0.29, 0.717) is 19.0 Å². The van der Waals surface area contributed by atoms with E-state index >= 15 is 0 Å². The van der Waals surface area contributed by atoms with Gasteiger partial charge in [-0.3, -0.25) is 0 Å². The van der Waals surface area contributed by atoms with Crippen molar-refractivity contribution < 1.29 is 4.74 Å². The molecule has 0 aliphatic rings. The molecule has 0 spiro atoms. The number of benzene rings is 1. The Morgan fingerprint density at radius 2 is 1.89 bits per heavy atom. The molecule has 2 N–H and O–H groups in total. The molecule has 102 valence electrons. The van der Waals surface area contributed by atoms with E-state index in [1.54, 1.807) is 0 Å². The summed E-state index contributed by atoms with van der Waals surface area (Å²) in [7, 11) is 0.